The summed E-state index contributed by atoms with van der Waals surface area (Å²) in [6.45, 7) is 4.18. The molecule has 3 heteroatoms. The summed E-state index contributed by atoms with van der Waals surface area (Å²) in [6, 6.07) is 13.1. The van der Waals surface area contributed by atoms with Crippen molar-refractivity contribution in [2.45, 2.75) is 29.3 Å². The number of thioether (sulfide) groups is 1. The molecular formula is C14H17NS2. The highest BCUT2D eigenvalue weighted by molar-refractivity contribution is 8.01. The highest BCUT2D eigenvalue weighted by Crippen LogP contribution is 2.39. The Kier molecular flexibility index (Phi) is 4.26. The average Bonchev–Trinajstić information content (AvgIpc) is 2.80. The number of rotatable bonds is 4. The van der Waals surface area contributed by atoms with Crippen LogP contribution in [0, 0.1) is 6.92 Å². The summed E-state index contributed by atoms with van der Waals surface area (Å²) in [5.74, 6) is 0. The topological polar surface area (TPSA) is 26.0 Å². The second-order valence-corrected chi connectivity index (χ2v) is 6.63. The molecule has 0 aliphatic carbocycles. The van der Waals surface area contributed by atoms with Crippen LogP contribution in [-0.2, 0) is 0 Å². The van der Waals surface area contributed by atoms with E-state index in [1.54, 1.807) is 11.3 Å². The molecule has 0 aliphatic heterocycles. The lowest BCUT2D eigenvalue weighted by atomic mass is 10.1. The van der Waals surface area contributed by atoms with Crippen molar-refractivity contribution in [3.8, 4) is 0 Å². The van der Waals surface area contributed by atoms with Crippen molar-refractivity contribution in [2.75, 3.05) is 0 Å². The maximum Gasteiger partial charge on any atom is 0.0605 e. The molecule has 2 N–H and O–H groups in total. The molecule has 0 radical (unpaired) electrons. The standard InChI is InChI=1S/C14H17NS2/c1-10-5-7-12(8-6-10)14(11(2)15)17-13-4-3-9-16-13/h3-9,11,14H,15H2,1-2H3. The predicted molar refractivity (Wildman–Crippen MR) is 77.7 cm³/mol. The SMILES string of the molecule is Cc1ccc(C(Sc2cccs2)C(C)N)cc1. The van der Waals surface area contributed by atoms with Crippen molar-refractivity contribution in [1.29, 1.82) is 0 Å². The van der Waals surface area contributed by atoms with Crippen LogP contribution in [0.3, 0.4) is 0 Å². The van der Waals surface area contributed by atoms with Gasteiger partial charge in [-0.2, -0.15) is 0 Å². The second kappa shape index (κ2) is 5.71. The van der Waals surface area contributed by atoms with Crippen molar-refractivity contribution >= 4 is 23.1 Å². The highest BCUT2D eigenvalue weighted by atomic mass is 32.2. The Morgan fingerprint density at radius 1 is 1.18 bits per heavy atom. The molecule has 0 saturated heterocycles. The van der Waals surface area contributed by atoms with E-state index in [2.05, 4.69) is 55.6 Å². The maximum absolute atomic E-state index is 6.11. The molecule has 90 valence electrons. The van der Waals surface area contributed by atoms with Crippen LogP contribution in [0.15, 0.2) is 46.0 Å². The molecule has 0 fully saturated rings. The Labute approximate surface area is 111 Å². The van der Waals surface area contributed by atoms with Gasteiger partial charge in [0, 0.05) is 6.04 Å². The van der Waals surface area contributed by atoms with Crippen molar-refractivity contribution in [1.82, 2.24) is 0 Å². The van der Waals surface area contributed by atoms with Gasteiger partial charge in [0.1, 0.15) is 0 Å². The first kappa shape index (κ1) is 12.7. The Morgan fingerprint density at radius 3 is 2.41 bits per heavy atom. The van der Waals surface area contributed by atoms with Gasteiger partial charge in [0.15, 0.2) is 0 Å². The first-order valence-electron chi connectivity index (χ1n) is 5.69. The molecule has 0 saturated carbocycles. The van der Waals surface area contributed by atoms with E-state index >= 15 is 0 Å². The molecule has 0 bridgehead atoms. The van der Waals surface area contributed by atoms with Gasteiger partial charge >= 0.3 is 0 Å². The molecule has 1 heterocycles. The Hall–Kier alpha value is -0.770. The van der Waals surface area contributed by atoms with Crippen LogP contribution in [0.2, 0.25) is 0 Å². The lowest BCUT2D eigenvalue weighted by Gasteiger charge is -2.20. The van der Waals surface area contributed by atoms with Gasteiger partial charge in [-0.25, -0.2) is 0 Å². The van der Waals surface area contributed by atoms with Crippen LogP contribution >= 0.6 is 23.1 Å². The summed E-state index contributed by atoms with van der Waals surface area (Å²) < 4.78 is 1.33. The van der Waals surface area contributed by atoms with E-state index in [0.717, 1.165) is 0 Å². The minimum atomic E-state index is 0.143. The zero-order valence-corrected chi connectivity index (χ0v) is 11.7. The zero-order valence-electron chi connectivity index (χ0n) is 10.1. The number of benzene rings is 1. The third-order valence-electron chi connectivity index (χ3n) is 2.62. The number of nitrogens with two attached hydrogens (primary N) is 1. The van der Waals surface area contributed by atoms with Gasteiger partial charge in [0.25, 0.3) is 0 Å². The normalized spacial score (nSPS) is 14.5. The summed E-state index contributed by atoms with van der Waals surface area (Å²) >= 11 is 3.63. The fraction of sp³-hybridized carbons (Fsp3) is 0.286. The quantitative estimate of drug-likeness (QED) is 0.835. The van der Waals surface area contributed by atoms with Crippen LogP contribution in [0.4, 0.5) is 0 Å². The minimum Gasteiger partial charge on any atom is -0.327 e. The van der Waals surface area contributed by atoms with Gasteiger partial charge in [-0.15, -0.1) is 23.1 Å². The Morgan fingerprint density at radius 2 is 1.88 bits per heavy atom. The van der Waals surface area contributed by atoms with Crippen molar-refractivity contribution in [3.63, 3.8) is 0 Å². The van der Waals surface area contributed by atoms with Crippen LogP contribution in [-0.4, -0.2) is 6.04 Å². The first-order chi connectivity index (χ1) is 8.16. The van der Waals surface area contributed by atoms with E-state index in [1.165, 1.54) is 15.3 Å². The third-order valence-corrected chi connectivity index (χ3v) is 5.18. The smallest absolute Gasteiger partial charge is 0.0605 e. The second-order valence-electron chi connectivity index (χ2n) is 4.24. The Bertz CT molecular complexity index is 446. The summed E-state index contributed by atoms with van der Waals surface area (Å²) in [5, 5.41) is 2.43. The van der Waals surface area contributed by atoms with Crippen molar-refractivity contribution in [3.05, 3.63) is 52.9 Å². The molecule has 2 atom stereocenters. The molecule has 1 aromatic carbocycles. The lowest BCUT2D eigenvalue weighted by Crippen LogP contribution is -2.22. The largest absolute Gasteiger partial charge is 0.327 e. The van der Waals surface area contributed by atoms with Crippen molar-refractivity contribution < 1.29 is 0 Å². The molecular weight excluding hydrogens is 246 g/mol. The molecule has 2 unspecified atom stereocenters. The molecule has 1 nitrogen and oxygen atoms in total. The lowest BCUT2D eigenvalue weighted by molar-refractivity contribution is 0.722. The fourth-order valence-corrected chi connectivity index (χ4v) is 3.75. The number of hydrogen-bond acceptors (Lipinski definition) is 3. The van der Waals surface area contributed by atoms with E-state index in [0.29, 0.717) is 5.25 Å². The highest BCUT2D eigenvalue weighted by Gasteiger charge is 2.17. The minimum absolute atomic E-state index is 0.143. The monoisotopic (exact) mass is 263 g/mol. The predicted octanol–water partition coefficient (Wildman–Crippen LogP) is 4.24. The van der Waals surface area contributed by atoms with Gasteiger partial charge < -0.3 is 5.73 Å². The molecule has 0 amide bonds. The molecule has 1 aromatic heterocycles. The summed E-state index contributed by atoms with van der Waals surface area (Å²) in [6.07, 6.45) is 0. The fourth-order valence-electron chi connectivity index (χ4n) is 1.69. The maximum atomic E-state index is 6.11. The molecule has 2 aromatic rings. The summed E-state index contributed by atoms with van der Waals surface area (Å²) in [4.78, 5) is 0. The van der Waals surface area contributed by atoms with Gasteiger partial charge in [-0.3, -0.25) is 0 Å². The third kappa shape index (κ3) is 3.35. The average molecular weight is 263 g/mol. The molecule has 0 spiro atoms. The van der Waals surface area contributed by atoms with Crippen LogP contribution in [0.25, 0.3) is 0 Å². The van der Waals surface area contributed by atoms with Gasteiger partial charge in [0.05, 0.1) is 9.46 Å². The van der Waals surface area contributed by atoms with E-state index in [1.807, 2.05) is 11.8 Å². The number of thiophene rings is 1. The molecule has 2 rings (SSSR count). The van der Waals surface area contributed by atoms with E-state index < -0.39 is 0 Å². The Balaban J connectivity index is 2.20. The van der Waals surface area contributed by atoms with E-state index in [9.17, 15) is 0 Å². The van der Waals surface area contributed by atoms with E-state index in [4.69, 9.17) is 5.73 Å². The van der Waals surface area contributed by atoms with Crippen LogP contribution < -0.4 is 5.73 Å². The molecule has 0 aliphatic rings. The van der Waals surface area contributed by atoms with Gasteiger partial charge in [-0.05, 0) is 30.9 Å². The first-order valence-corrected chi connectivity index (χ1v) is 7.45. The number of hydrogen-bond donors (Lipinski definition) is 1. The van der Waals surface area contributed by atoms with Gasteiger partial charge in [0.2, 0.25) is 0 Å². The zero-order chi connectivity index (χ0) is 12.3. The molecule has 17 heavy (non-hydrogen) atoms. The van der Waals surface area contributed by atoms with E-state index in [-0.39, 0.29) is 6.04 Å². The summed E-state index contributed by atoms with van der Waals surface area (Å²) in [5.41, 5.74) is 8.71. The van der Waals surface area contributed by atoms with Gasteiger partial charge in [-0.1, -0.05) is 35.9 Å². The van der Waals surface area contributed by atoms with Crippen LogP contribution in [0.1, 0.15) is 23.3 Å². The van der Waals surface area contributed by atoms with Crippen LogP contribution in [0.5, 0.6) is 0 Å². The summed E-state index contributed by atoms with van der Waals surface area (Å²) in [7, 11) is 0. The number of aryl methyl sites for hydroxylation is 1. The van der Waals surface area contributed by atoms with Crippen molar-refractivity contribution in [2.24, 2.45) is 5.73 Å².